The Morgan fingerprint density at radius 2 is 1.88 bits per heavy atom. The van der Waals surface area contributed by atoms with E-state index in [1.54, 1.807) is 11.1 Å². The van der Waals surface area contributed by atoms with Crippen LogP contribution >= 0.6 is 0 Å². The predicted octanol–water partition coefficient (Wildman–Crippen LogP) is 3.30. The predicted molar refractivity (Wildman–Crippen MR) is 69.8 cm³/mol. The summed E-state index contributed by atoms with van der Waals surface area (Å²) in [7, 11) is 0. The molecule has 1 aromatic carbocycles. The van der Waals surface area contributed by atoms with E-state index in [9.17, 15) is 0 Å². The Morgan fingerprint density at radius 1 is 1.19 bits per heavy atom. The Hall–Kier alpha value is -0.820. The highest BCUT2D eigenvalue weighted by Crippen LogP contribution is 2.37. The van der Waals surface area contributed by atoms with Crippen molar-refractivity contribution in [2.75, 3.05) is 19.6 Å². The first kappa shape index (κ1) is 11.7. The molecule has 2 atom stereocenters. The van der Waals surface area contributed by atoms with Crippen molar-refractivity contribution in [1.82, 2.24) is 4.90 Å². The van der Waals surface area contributed by atoms with Crippen LogP contribution in [0.25, 0.3) is 0 Å². The van der Waals surface area contributed by atoms with Crippen molar-refractivity contribution in [2.45, 2.75) is 33.1 Å². The first-order chi connectivity index (χ1) is 7.76. The second-order valence-electron chi connectivity index (χ2n) is 4.94. The van der Waals surface area contributed by atoms with Gasteiger partial charge in [-0.05, 0) is 42.5 Å². The van der Waals surface area contributed by atoms with Gasteiger partial charge in [0.2, 0.25) is 0 Å². The number of hydrogen-bond acceptors (Lipinski definition) is 1. The minimum atomic E-state index is 0.733. The first-order valence-corrected chi connectivity index (χ1v) is 6.56. The second kappa shape index (κ2) is 5.01. The van der Waals surface area contributed by atoms with Gasteiger partial charge in [0.05, 0.1) is 0 Å². The molecule has 1 nitrogen and oxygen atoms in total. The molecule has 0 heterocycles. The molecule has 0 bridgehead atoms. The van der Waals surface area contributed by atoms with Gasteiger partial charge in [-0.15, -0.1) is 0 Å². The maximum absolute atomic E-state index is 2.55. The molecule has 0 amide bonds. The highest BCUT2D eigenvalue weighted by atomic mass is 15.1. The van der Waals surface area contributed by atoms with Gasteiger partial charge < -0.3 is 4.90 Å². The zero-order valence-electron chi connectivity index (χ0n) is 10.7. The molecule has 1 aromatic rings. The van der Waals surface area contributed by atoms with E-state index in [-0.39, 0.29) is 0 Å². The Labute approximate surface area is 99.5 Å². The summed E-state index contributed by atoms with van der Waals surface area (Å²) in [6.07, 6.45) is 1.27. The molecule has 0 saturated carbocycles. The average molecular weight is 217 g/mol. The van der Waals surface area contributed by atoms with E-state index in [4.69, 9.17) is 0 Å². The highest BCUT2D eigenvalue weighted by Gasteiger charge is 2.29. The van der Waals surface area contributed by atoms with Gasteiger partial charge in [0.15, 0.2) is 0 Å². The minimum absolute atomic E-state index is 0.733. The molecule has 16 heavy (non-hydrogen) atoms. The van der Waals surface area contributed by atoms with Crippen LogP contribution in [0.15, 0.2) is 24.3 Å². The van der Waals surface area contributed by atoms with Gasteiger partial charge >= 0.3 is 0 Å². The molecule has 0 spiro atoms. The lowest BCUT2D eigenvalue weighted by Crippen LogP contribution is -2.30. The van der Waals surface area contributed by atoms with E-state index in [0.717, 1.165) is 11.8 Å². The number of nitrogens with zero attached hydrogens (tertiary/aromatic N) is 1. The Kier molecular flexibility index (Phi) is 3.65. The third-order valence-corrected chi connectivity index (χ3v) is 4.12. The molecule has 0 N–H and O–H groups in total. The molecule has 1 aliphatic rings. The fourth-order valence-electron chi connectivity index (χ4n) is 2.91. The molecule has 1 aliphatic carbocycles. The maximum Gasteiger partial charge on any atom is 0.00184 e. The molecule has 2 rings (SSSR count). The standard InChI is InChI=1S/C15H23N/c1-4-16(5-2)11-14-10-13-8-6-7-9-15(13)12(14)3/h6-9,12,14H,4-5,10-11H2,1-3H3/t12-,14-/m0/s1. The molecule has 0 radical (unpaired) electrons. The Bertz CT molecular complexity index is 341. The van der Waals surface area contributed by atoms with Crippen molar-refractivity contribution in [3.05, 3.63) is 35.4 Å². The molecule has 0 unspecified atom stereocenters. The number of fused-ring (bicyclic) bond motifs is 1. The summed E-state index contributed by atoms with van der Waals surface area (Å²) in [5.74, 6) is 1.55. The van der Waals surface area contributed by atoms with Crippen molar-refractivity contribution >= 4 is 0 Å². The lowest BCUT2D eigenvalue weighted by Gasteiger charge is -2.25. The molecule has 0 saturated heterocycles. The van der Waals surface area contributed by atoms with E-state index in [2.05, 4.69) is 49.9 Å². The largest absolute Gasteiger partial charge is 0.304 e. The van der Waals surface area contributed by atoms with Crippen molar-refractivity contribution < 1.29 is 0 Å². The van der Waals surface area contributed by atoms with Gasteiger partial charge in [-0.2, -0.15) is 0 Å². The summed E-state index contributed by atoms with van der Waals surface area (Å²) in [6, 6.07) is 8.96. The van der Waals surface area contributed by atoms with Crippen LogP contribution in [0.1, 0.15) is 37.8 Å². The van der Waals surface area contributed by atoms with E-state index in [1.165, 1.54) is 26.1 Å². The summed E-state index contributed by atoms with van der Waals surface area (Å²) >= 11 is 0. The number of benzene rings is 1. The molecule has 88 valence electrons. The lowest BCUT2D eigenvalue weighted by atomic mass is 9.94. The molecule has 0 aliphatic heterocycles. The van der Waals surface area contributed by atoms with E-state index in [0.29, 0.717) is 0 Å². The monoisotopic (exact) mass is 217 g/mol. The quantitative estimate of drug-likeness (QED) is 0.748. The van der Waals surface area contributed by atoms with Crippen molar-refractivity contribution in [1.29, 1.82) is 0 Å². The van der Waals surface area contributed by atoms with Crippen LogP contribution in [-0.2, 0) is 6.42 Å². The third-order valence-electron chi connectivity index (χ3n) is 4.12. The smallest absolute Gasteiger partial charge is 0.00184 e. The highest BCUT2D eigenvalue weighted by molar-refractivity contribution is 5.35. The summed E-state index contributed by atoms with van der Waals surface area (Å²) in [4.78, 5) is 2.55. The summed E-state index contributed by atoms with van der Waals surface area (Å²) in [6.45, 7) is 10.5. The van der Waals surface area contributed by atoms with Crippen LogP contribution < -0.4 is 0 Å². The van der Waals surface area contributed by atoms with Crippen LogP contribution in [0, 0.1) is 5.92 Å². The van der Waals surface area contributed by atoms with Gasteiger partial charge in [0, 0.05) is 6.54 Å². The fraction of sp³-hybridized carbons (Fsp3) is 0.600. The molecular weight excluding hydrogens is 194 g/mol. The van der Waals surface area contributed by atoms with Crippen molar-refractivity contribution in [3.8, 4) is 0 Å². The van der Waals surface area contributed by atoms with Gasteiger partial charge in [-0.25, -0.2) is 0 Å². The Morgan fingerprint density at radius 3 is 2.50 bits per heavy atom. The maximum atomic E-state index is 2.55. The van der Waals surface area contributed by atoms with Gasteiger partial charge in [0.25, 0.3) is 0 Å². The third kappa shape index (κ3) is 2.15. The molecule has 0 fully saturated rings. The van der Waals surface area contributed by atoms with Crippen LogP contribution in [-0.4, -0.2) is 24.5 Å². The fourth-order valence-corrected chi connectivity index (χ4v) is 2.91. The van der Waals surface area contributed by atoms with Crippen molar-refractivity contribution in [2.24, 2.45) is 5.92 Å². The van der Waals surface area contributed by atoms with Gasteiger partial charge in [0.1, 0.15) is 0 Å². The molecule has 0 aromatic heterocycles. The normalized spacial score (nSPS) is 23.8. The van der Waals surface area contributed by atoms with E-state index >= 15 is 0 Å². The van der Waals surface area contributed by atoms with E-state index in [1.807, 2.05) is 0 Å². The minimum Gasteiger partial charge on any atom is -0.304 e. The zero-order chi connectivity index (χ0) is 11.5. The summed E-state index contributed by atoms with van der Waals surface area (Å²) in [5, 5.41) is 0. The van der Waals surface area contributed by atoms with Crippen LogP contribution in [0.4, 0.5) is 0 Å². The average Bonchev–Trinajstić information content (AvgIpc) is 2.64. The van der Waals surface area contributed by atoms with Crippen molar-refractivity contribution in [3.63, 3.8) is 0 Å². The van der Waals surface area contributed by atoms with Gasteiger partial charge in [-0.1, -0.05) is 45.0 Å². The SMILES string of the molecule is CCN(CC)C[C@@H]1Cc2ccccc2[C@H]1C. The Balaban J connectivity index is 2.06. The van der Waals surface area contributed by atoms with Crippen LogP contribution in [0.2, 0.25) is 0 Å². The molecule has 1 heteroatoms. The lowest BCUT2D eigenvalue weighted by molar-refractivity contribution is 0.242. The topological polar surface area (TPSA) is 3.24 Å². The first-order valence-electron chi connectivity index (χ1n) is 6.56. The summed E-state index contributed by atoms with van der Waals surface area (Å²) in [5.41, 5.74) is 3.16. The number of rotatable bonds is 4. The summed E-state index contributed by atoms with van der Waals surface area (Å²) < 4.78 is 0. The zero-order valence-corrected chi connectivity index (χ0v) is 10.7. The molecular formula is C15H23N. The second-order valence-corrected chi connectivity index (χ2v) is 4.94. The van der Waals surface area contributed by atoms with Crippen LogP contribution in [0.3, 0.4) is 0 Å². The number of hydrogen-bond donors (Lipinski definition) is 0. The van der Waals surface area contributed by atoms with E-state index < -0.39 is 0 Å². The van der Waals surface area contributed by atoms with Gasteiger partial charge in [-0.3, -0.25) is 0 Å². The van der Waals surface area contributed by atoms with Crippen LogP contribution in [0.5, 0.6) is 0 Å².